The lowest BCUT2D eigenvalue weighted by Crippen LogP contribution is -1.79. The number of aryl methyl sites for hydroxylation is 1. The van der Waals surface area contributed by atoms with Gasteiger partial charge in [-0.2, -0.15) is 5.26 Å². The summed E-state index contributed by atoms with van der Waals surface area (Å²) in [4.78, 5) is 0. The van der Waals surface area contributed by atoms with Crippen molar-refractivity contribution in [3.8, 4) is 23.1 Å². The van der Waals surface area contributed by atoms with Crippen LogP contribution in [0.2, 0.25) is 0 Å². The lowest BCUT2D eigenvalue weighted by atomic mass is 10.1. The molecule has 0 unspecified atom stereocenters. The molecule has 0 saturated heterocycles. The molecule has 0 fully saturated rings. The third kappa shape index (κ3) is 1.84. The van der Waals surface area contributed by atoms with E-state index >= 15 is 0 Å². The highest BCUT2D eigenvalue weighted by atomic mass is 16.3. The van der Waals surface area contributed by atoms with Gasteiger partial charge in [-0.15, -0.1) is 0 Å². The molecular weight excluding hydrogens is 238 g/mol. The Morgan fingerprint density at radius 1 is 1.16 bits per heavy atom. The Kier molecular flexibility index (Phi) is 2.50. The van der Waals surface area contributed by atoms with Crippen LogP contribution in [-0.4, -0.2) is 5.11 Å². The van der Waals surface area contributed by atoms with Gasteiger partial charge in [0.2, 0.25) is 0 Å². The van der Waals surface area contributed by atoms with Crippen molar-refractivity contribution in [2.24, 2.45) is 0 Å². The van der Waals surface area contributed by atoms with Gasteiger partial charge in [0.05, 0.1) is 5.56 Å². The van der Waals surface area contributed by atoms with Gasteiger partial charge in [-0.1, -0.05) is 18.2 Å². The standard InChI is InChI=1S/C16H11NO2/c1-10-3-2-4-12-8-15(19-16(10)12)11-5-6-14(18)13(7-11)9-17/h2-8,18H,1H3. The van der Waals surface area contributed by atoms with Gasteiger partial charge in [0, 0.05) is 10.9 Å². The minimum absolute atomic E-state index is 0.0152. The molecular formula is C16H11NO2. The molecule has 0 radical (unpaired) electrons. The molecule has 19 heavy (non-hydrogen) atoms. The second-order valence-electron chi connectivity index (χ2n) is 4.45. The number of nitrogens with zero attached hydrogens (tertiary/aromatic N) is 1. The molecule has 0 aliphatic heterocycles. The zero-order valence-corrected chi connectivity index (χ0v) is 10.3. The highest BCUT2D eigenvalue weighted by Crippen LogP contribution is 2.31. The van der Waals surface area contributed by atoms with Crippen LogP contribution in [0.5, 0.6) is 5.75 Å². The average molecular weight is 249 g/mol. The van der Waals surface area contributed by atoms with Crippen LogP contribution >= 0.6 is 0 Å². The molecule has 1 N–H and O–H groups in total. The largest absolute Gasteiger partial charge is 0.507 e. The molecule has 0 amide bonds. The first-order valence-electron chi connectivity index (χ1n) is 5.91. The van der Waals surface area contributed by atoms with Crippen molar-refractivity contribution in [3.63, 3.8) is 0 Å². The highest BCUT2D eigenvalue weighted by Gasteiger charge is 2.10. The smallest absolute Gasteiger partial charge is 0.137 e. The number of para-hydroxylation sites is 1. The predicted octanol–water partition coefficient (Wildman–Crippen LogP) is 3.99. The van der Waals surface area contributed by atoms with Crippen LogP contribution in [0, 0.1) is 18.3 Å². The maximum Gasteiger partial charge on any atom is 0.137 e. The number of fused-ring (bicyclic) bond motifs is 1. The second-order valence-corrected chi connectivity index (χ2v) is 4.45. The van der Waals surface area contributed by atoms with Crippen molar-refractivity contribution in [2.75, 3.05) is 0 Å². The van der Waals surface area contributed by atoms with Crippen molar-refractivity contribution < 1.29 is 9.52 Å². The first kappa shape index (κ1) is 11.4. The van der Waals surface area contributed by atoms with Gasteiger partial charge in [0.15, 0.2) is 0 Å². The van der Waals surface area contributed by atoms with E-state index < -0.39 is 0 Å². The average Bonchev–Trinajstić information content (AvgIpc) is 2.85. The van der Waals surface area contributed by atoms with E-state index in [1.54, 1.807) is 12.1 Å². The number of hydrogen-bond donors (Lipinski definition) is 1. The summed E-state index contributed by atoms with van der Waals surface area (Å²) in [6, 6.07) is 14.7. The summed E-state index contributed by atoms with van der Waals surface area (Å²) >= 11 is 0. The number of furan rings is 1. The lowest BCUT2D eigenvalue weighted by Gasteiger charge is -1.99. The molecule has 0 saturated carbocycles. The Hall–Kier alpha value is -2.73. The van der Waals surface area contributed by atoms with Gasteiger partial charge in [0.1, 0.15) is 23.2 Å². The maximum absolute atomic E-state index is 9.51. The topological polar surface area (TPSA) is 57.2 Å². The SMILES string of the molecule is Cc1cccc2cc(-c3ccc(O)c(C#N)c3)oc12. The first-order valence-corrected chi connectivity index (χ1v) is 5.91. The zero-order valence-electron chi connectivity index (χ0n) is 10.3. The molecule has 1 heterocycles. The summed E-state index contributed by atoms with van der Waals surface area (Å²) in [5.41, 5.74) is 2.95. The summed E-state index contributed by atoms with van der Waals surface area (Å²) in [5.74, 6) is 0.680. The highest BCUT2D eigenvalue weighted by molar-refractivity contribution is 5.85. The van der Waals surface area contributed by atoms with Gasteiger partial charge in [-0.05, 0) is 36.8 Å². The number of benzene rings is 2. The molecule has 1 aromatic heterocycles. The summed E-state index contributed by atoms with van der Waals surface area (Å²) in [7, 11) is 0. The van der Waals surface area contributed by atoms with Crippen molar-refractivity contribution in [1.29, 1.82) is 5.26 Å². The minimum atomic E-state index is -0.0152. The van der Waals surface area contributed by atoms with Crippen LogP contribution < -0.4 is 0 Å². The molecule has 0 aliphatic rings. The number of nitriles is 1. The molecule has 0 atom stereocenters. The monoisotopic (exact) mass is 249 g/mol. The summed E-state index contributed by atoms with van der Waals surface area (Å²) in [6.07, 6.45) is 0. The summed E-state index contributed by atoms with van der Waals surface area (Å²) < 4.78 is 5.83. The van der Waals surface area contributed by atoms with E-state index in [1.165, 1.54) is 6.07 Å². The van der Waals surface area contributed by atoms with E-state index in [0.29, 0.717) is 5.76 Å². The fourth-order valence-electron chi connectivity index (χ4n) is 2.13. The third-order valence-corrected chi connectivity index (χ3v) is 3.14. The van der Waals surface area contributed by atoms with Gasteiger partial charge in [0.25, 0.3) is 0 Å². The molecule has 92 valence electrons. The van der Waals surface area contributed by atoms with Crippen molar-refractivity contribution in [2.45, 2.75) is 6.92 Å². The predicted molar refractivity (Wildman–Crippen MR) is 72.8 cm³/mol. The quantitative estimate of drug-likeness (QED) is 0.709. The molecule has 2 aromatic carbocycles. The van der Waals surface area contributed by atoms with Crippen molar-refractivity contribution >= 4 is 11.0 Å². The van der Waals surface area contributed by atoms with Crippen LogP contribution in [-0.2, 0) is 0 Å². The van der Waals surface area contributed by atoms with E-state index in [1.807, 2.05) is 37.3 Å². The number of hydrogen-bond acceptors (Lipinski definition) is 3. The van der Waals surface area contributed by atoms with Gasteiger partial charge in [-0.3, -0.25) is 0 Å². The third-order valence-electron chi connectivity index (χ3n) is 3.14. The lowest BCUT2D eigenvalue weighted by molar-refractivity contribution is 0.473. The molecule has 0 spiro atoms. The van der Waals surface area contributed by atoms with Crippen LogP contribution in [0.25, 0.3) is 22.3 Å². The van der Waals surface area contributed by atoms with Crippen molar-refractivity contribution in [1.82, 2.24) is 0 Å². The molecule has 3 heteroatoms. The number of rotatable bonds is 1. The van der Waals surface area contributed by atoms with E-state index in [2.05, 4.69) is 0 Å². The second kappa shape index (κ2) is 4.18. The van der Waals surface area contributed by atoms with Crippen molar-refractivity contribution in [3.05, 3.63) is 53.6 Å². The maximum atomic E-state index is 9.51. The molecule has 3 aromatic rings. The normalized spacial score (nSPS) is 10.5. The van der Waals surface area contributed by atoms with Gasteiger partial charge < -0.3 is 9.52 Å². The fourth-order valence-corrected chi connectivity index (χ4v) is 2.13. The Morgan fingerprint density at radius 3 is 2.74 bits per heavy atom. The Morgan fingerprint density at radius 2 is 2.00 bits per heavy atom. The Bertz CT molecular complexity index is 809. The Balaban J connectivity index is 2.20. The molecule has 3 rings (SSSR count). The van der Waals surface area contributed by atoms with Gasteiger partial charge >= 0.3 is 0 Å². The molecule has 0 aliphatic carbocycles. The number of phenols is 1. The van der Waals surface area contributed by atoms with Crippen LogP contribution in [0.15, 0.2) is 46.9 Å². The van der Waals surface area contributed by atoms with E-state index in [-0.39, 0.29) is 11.3 Å². The summed E-state index contributed by atoms with van der Waals surface area (Å²) in [6.45, 7) is 1.99. The number of aromatic hydroxyl groups is 1. The van der Waals surface area contributed by atoms with Crippen LogP contribution in [0.3, 0.4) is 0 Å². The zero-order chi connectivity index (χ0) is 13.4. The van der Waals surface area contributed by atoms with Crippen LogP contribution in [0.4, 0.5) is 0 Å². The minimum Gasteiger partial charge on any atom is -0.507 e. The van der Waals surface area contributed by atoms with E-state index in [9.17, 15) is 5.11 Å². The van der Waals surface area contributed by atoms with E-state index in [4.69, 9.17) is 9.68 Å². The summed E-state index contributed by atoms with van der Waals surface area (Å²) in [5, 5.41) is 19.5. The van der Waals surface area contributed by atoms with Gasteiger partial charge in [-0.25, -0.2) is 0 Å². The van der Waals surface area contributed by atoms with E-state index in [0.717, 1.165) is 22.1 Å². The van der Waals surface area contributed by atoms with Crippen LogP contribution in [0.1, 0.15) is 11.1 Å². The fraction of sp³-hybridized carbons (Fsp3) is 0.0625. The molecule has 3 nitrogen and oxygen atoms in total. The first-order chi connectivity index (χ1) is 9.19. The number of phenolic OH excluding ortho intramolecular Hbond substituents is 1. The Labute approximate surface area is 110 Å². The molecule has 0 bridgehead atoms.